The number of aromatic amines is 1. The Labute approximate surface area is 122 Å². The molecule has 0 aliphatic heterocycles. The van der Waals surface area contributed by atoms with E-state index in [1.54, 1.807) is 0 Å². The van der Waals surface area contributed by atoms with Crippen LogP contribution < -0.4 is 4.72 Å². The summed E-state index contributed by atoms with van der Waals surface area (Å²) >= 11 is 0. The zero-order valence-corrected chi connectivity index (χ0v) is 12.1. The minimum atomic E-state index is -3.62. The molecule has 0 saturated heterocycles. The van der Waals surface area contributed by atoms with Crippen LogP contribution in [0.15, 0.2) is 36.4 Å². The van der Waals surface area contributed by atoms with Crippen molar-refractivity contribution in [3.63, 3.8) is 0 Å². The highest BCUT2D eigenvalue weighted by atomic mass is 32.2. The molecule has 7 nitrogen and oxygen atoms in total. The summed E-state index contributed by atoms with van der Waals surface area (Å²) in [5, 5.41) is 14.6. The standard InChI is InChI=1S/C13H15N3O4S/c1-9(10-5-3-2-4-6-10)8-21(19,20)16-12-7-11(13(17)18)14-15-12/h2-7,9H,8H2,1H3,(H,17,18)(H2,14,15,16). The van der Waals surface area contributed by atoms with Crippen LogP contribution in [0.2, 0.25) is 0 Å². The molecule has 112 valence electrons. The number of hydrogen-bond acceptors (Lipinski definition) is 4. The Kier molecular flexibility index (Phi) is 4.27. The minimum absolute atomic E-state index is 0.0346. The van der Waals surface area contributed by atoms with Gasteiger partial charge in [0.2, 0.25) is 10.0 Å². The lowest BCUT2D eigenvalue weighted by atomic mass is 10.0. The molecule has 0 saturated carbocycles. The number of sulfonamides is 1. The van der Waals surface area contributed by atoms with Gasteiger partial charge in [-0.15, -0.1) is 0 Å². The van der Waals surface area contributed by atoms with Crippen LogP contribution in [0.1, 0.15) is 28.9 Å². The molecule has 1 heterocycles. The third kappa shape index (κ3) is 4.06. The van der Waals surface area contributed by atoms with E-state index in [9.17, 15) is 13.2 Å². The van der Waals surface area contributed by atoms with Crippen LogP contribution in [0.5, 0.6) is 0 Å². The van der Waals surface area contributed by atoms with Crippen molar-refractivity contribution in [2.24, 2.45) is 0 Å². The molecule has 0 aliphatic rings. The number of benzene rings is 1. The first-order chi connectivity index (χ1) is 9.87. The summed E-state index contributed by atoms with van der Waals surface area (Å²) in [6.07, 6.45) is 0. The van der Waals surface area contributed by atoms with Gasteiger partial charge in [0.1, 0.15) is 5.69 Å². The van der Waals surface area contributed by atoms with E-state index in [1.165, 1.54) is 0 Å². The van der Waals surface area contributed by atoms with Crippen molar-refractivity contribution in [1.82, 2.24) is 10.2 Å². The fourth-order valence-electron chi connectivity index (χ4n) is 1.89. The molecule has 1 unspecified atom stereocenters. The average Bonchev–Trinajstić information content (AvgIpc) is 2.87. The number of anilines is 1. The number of rotatable bonds is 6. The van der Waals surface area contributed by atoms with Gasteiger partial charge in [0.05, 0.1) is 5.75 Å². The molecule has 1 atom stereocenters. The molecule has 0 amide bonds. The molecule has 21 heavy (non-hydrogen) atoms. The van der Waals surface area contributed by atoms with E-state index in [0.29, 0.717) is 0 Å². The quantitative estimate of drug-likeness (QED) is 0.751. The van der Waals surface area contributed by atoms with Crippen LogP contribution >= 0.6 is 0 Å². The van der Waals surface area contributed by atoms with Gasteiger partial charge in [-0.3, -0.25) is 9.82 Å². The Morgan fingerprint density at radius 2 is 2.05 bits per heavy atom. The van der Waals surface area contributed by atoms with Gasteiger partial charge >= 0.3 is 5.97 Å². The SMILES string of the molecule is CC(CS(=O)(=O)Nc1cc(C(=O)O)[nH]n1)c1ccccc1. The molecule has 0 fully saturated rings. The highest BCUT2D eigenvalue weighted by Crippen LogP contribution is 2.18. The van der Waals surface area contributed by atoms with Crippen LogP contribution in [0.4, 0.5) is 5.82 Å². The maximum absolute atomic E-state index is 12.1. The highest BCUT2D eigenvalue weighted by molar-refractivity contribution is 7.92. The van der Waals surface area contributed by atoms with Crippen molar-refractivity contribution in [3.8, 4) is 0 Å². The van der Waals surface area contributed by atoms with Gasteiger partial charge in [0.15, 0.2) is 5.82 Å². The van der Waals surface area contributed by atoms with E-state index >= 15 is 0 Å². The number of nitrogens with zero attached hydrogens (tertiary/aromatic N) is 1. The van der Waals surface area contributed by atoms with E-state index < -0.39 is 16.0 Å². The zero-order valence-electron chi connectivity index (χ0n) is 11.3. The van der Waals surface area contributed by atoms with E-state index in [-0.39, 0.29) is 23.2 Å². The summed E-state index contributed by atoms with van der Waals surface area (Å²) in [7, 11) is -3.62. The second-order valence-corrected chi connectivity index (χ2v) is 6.43. The fourth-order valence-corrected chi connectivity index (χ4v) is 3.25. The van der Waals surface area contributed by atoms with Crippen LogP contribution in [0.3, 0.4) is 0 Å². The normalized spacial score (nSPS) is 12.8. The van der Waals surface area contributed by atoms with Gasteiger partial charge in [-0.05, 0) is 11.5 Å². The Hall–Kier alpha value is -2.35. The Morgan fingerprint density at radius 1 is 1.38 bits per heavy atom. The van der Waals surface area contributed by atoms with E-state index in [0.717, 1.165) is 11.6 Å². The summed E-state index contributed by atoms with van der Waals surface area (Å²) < 4.78 is 26.4. The molecule has 0 aliphatic carbocycles. The van der Waals surface area contributed by atoms with Crippen LogP contribution in [0, 0.1) is 0 Å². The molecule has 1 aromatic heterocycles. The number of carboxylic acids is 1. The minimum Gasteiger partial charge on any atom is -0.477 e. The Morgan fingerprint density at radius 3 is 2.62 bits per heavy atom. The van der Waals surface area contributed by atoms with Crippen molar-refractivity contribution >= 4 is 21.8 Å². The number of aromatic nitrogens is 2. The number of carboxylic acid groups (broad SMARTS) is 1. The Balaban J connectivity index is 2.06. The first kappa shape index (κ1) is 15.0. The molecule has 2 aromatic rings. The Bertz CT molecular complexity index is 725. The number of nitrogens with one attached hydrogen (secondary N) is 2. The molecule has 8 heteroatoms. The number of hydrogen-bond donors (Lipinski definition) is 3. The molecule has 1 aromatic carbocycles. The van der Waals surface area contributed by atoms with Gasteiger partial charge in [-0.2, -0.15) is 5.10 Å². The molecule has 0 radical (unpaired) electrons. The summed E-state index contributed by atoms with van der Waals surface area (Å²) in [6, 6.07) is 10.4. The van der Waals surface area contributed by atoms with Gasteiger partial charge in [0, 0.05) is 6.07 Å². The largest absolute Gasteiger partial charge is 0.477 e. The second kappa shape index (κ2) is 5.96. The molecule has 2 rings (SSSR count). The summed E-state index contributed by atoms with van der Waals surface area (Å²) in [4.78, 5) is 10.7. The number of H-pyrrole nitrogens is 1. The van der Waals surface area contributed by atoms with E-state index in [4.69, 9.17) is 5.11 Å². The monoisotopic (exact) mass is 309 g/mol. The van der Waals surface area contributed by atoms with E-state index in [1.807, 2.05) is 37.3 Å². The van der Waals surface area contributed by atoms with Crippen LogP contribution in [-0.2, 0) is 10.0 Å². The molecule has 3 N–H and O–H groups in total. The molecule has 0 spiro atoms. The summed E-state index contributed by atoms with van der Waals surface area (Å²) in [5.74, 6) is -1.55. The maximum atomic E-state index is 12.1. The maximum Gasteiger partial charge on any atom is 0.353 e. The lowest BCUT2D eigenvalue weighted by Gasteiger charge is -2.12. The highest BCUT2D eigenvalue weighted by Gasteiger charge is 2.19. The molecule has 0 bridgehead atoms. The lowest BCUT2D eigenvalue weighted by Crippen LogP contribution is -2.20. The lowest BCUT2D eigenvalue weighted by molar-refractivity contribution is 0.0690. The summed E-state index contributed by atoms with van der Waals surface area (Å²) in [6.45, 7) is 1.81. The van der Waals surface area contributed by atoms with Crippen LogP contribution in [0.25, 0.3) is 0 Å². The number of aromatic carboxylic acids is 1. The van der Waals surface area contributed by atoms with Crippen molar-refractivity contribution in [1.29, 1.82) is 0 Å². The first-order valence-electron chi connectivity index (χ1n) is 6.21. The van der Waals surface area contributed by atoms with Crippen molar-refractivity contribution < 1.29 is 18.3 Å². The summed E-state index contributed by atoms with van der Waals surface area (Å²) in [5.41, 5.74) is 0.736. The topological polar surface area (TPSA) is 112 Å². The average molecular weight is 309 g/mol. The third-order valence-corrected chi connectivity index (χ3v) is 4.37. The molecular weight excluding hydrogens is 294 g/mol. The predicted molar refractivity (Wildman–Crippen MR) is 77.8 cm³/mol. The van der Waals surface area contributed by atoms with Gasteiger partial charge in [0.25, 0.3) is 0 Å². The fraction of sp³-hybridized carbons (Fsp3) is 0.231. The predicted octanol–water partition coefficient (Wildman–Crippen LogP) is 1.65. The van der Waals surface area contributed by atoms with Gasteiger partial charge in [-0.1, -0.05) is 37.3 Å². The van der Waals surface area contributed by atoms with Crippen LogP contribution in [-0.4, -0.2) is 35.4 Å². The molecular formula is C13H15N3O4S. The first-order valence-corrected chi connectivity index (χ1v) is 7.87. The van der Waals surface area contributed by atoms with E-state index in [2.05, 4.69) is 14.9 Å². The van der Waals surface area contributed by atoms with Gasteiger partial charge < -0.3 is 5.11 Å². The van der Waals surface area contributed by atoms with Crippen molar-refractivity contribution in [2.45, 2.75) is 12.8 Å². The smallest absolute Gasteiger partial charge is 0.353 e. The zero-order chi connectivity index (χ0) is 15.5. The van der Waals surface area contributed by atoms with Crippen molar-refractivity contribution in [2.75, 3.05) is 10.5 Å². The van der Waals surface area contributed by atoms with Crippen molar-refractivity contribution in [3.05, 3.63) is 47.7 Å². The number of carbonyl (C=O) groups is 1. The third-order valence-electron chi connectivity index (χ3n) is 2.91. The second-order valence-electron chi connectivity index (χ2n) is 4.67. The van der Waals surface area contributed by atoms with Gasteiger partial charge in [-0.25, -0.2) is 13.2 Å².